The molecular formula is C15H20ClN3O2. The molecule has 0 radical (unpaired) electrons. The summed E-state index contributed by atoms with van der Waals surface area (Å²) in [5.41, 5.74) is 4.84. The molecule has 21 heavy (non-hydrogen) atoms. The summed E-state index contributed by atoms with van der Waals surface area (Å²) in [4.78, 5) is 23.3. The first-order valence-electron chi connectivity index (χ1n) is 6.80. The van der Waals surface area contributed by atoms with Crippen molar-refractivity contribution >= 4 is 34.8 Å². The van der Waals surface area contributed by atoms with Crippen LogP contribution in [0.5, 0.6) is 0 Å². The largest absolute Gasteiger partial charge is 0.326 e. The first-order chi connectivity index (χ1) is 9.92. The lowest BCUT2D eigenvalue weighted by molar-refractivity contribution is -0.124. The Morgan fingerprint density at radius 1 is 1.24 bits per heavy atom. The Balaban J connectivity index is 2.42. The molecule has 0 aliphatic rings. The standard InChI is InChI=1S/C15H20ClN3O2/c1-4-11(3)18-19-15(21)8-7-14(20)17-13-6-5-12(16)9-10(13)2/h5-6,9H,4,7-8H2,1-3H3,(H,17,20)(H,19,21)/b18-11-. The average molecular weight is 310 g/mol. The number of nitrogens with zero attached hydrogens (tertiary/aromatic N) is 1. The SMILES string of the molecule is CC/C(C)=N\NC(=O)CCC(=O)Nc1ccc(Cl)cc1C. The van der Waals surface area contributed by atoms with Crippen molar-refractivity contribution < 1.29 is 9.59 Å². The lowest BCUT2D eigenvalue weighted by atomic mass is 10.2. The average Bonchev–Trinajstić information content (AvgIpc) is 2.45. The smallest absolute Gasteiger partial charge is 0.240 e. The van der Waals surface area contributed by atoms with Crippen LogP contribution in [-0.2, 0) is 9.59 Å². The molecule has 1 aromatic carbocycles. The van der Waals surface area contributed by atoms with Crippen molar-refractivity contribution in [1.29, 1.82) is 0 Å². The summed E-state index contributed by atoms with van der Waals surface area (Å²) < 4.78 is 0. The Labute approximate surface area is 129 Å². The predicted molar refractivity (Wildman–Crippen MR) is 85.6 cm³/mol. The molecule has 0 aliphatic heterocycles. The van der Waals surface area contributed by atoms with Gasteiger partial charge in [-0.1, -0.05) is 18.5 Å². The second-order valence-electron chi connectivity index (χ2n) is 4.74. The molecule has 0 atom stereocenters. The number of aryl methyl sites for hydroxylation is 1. The van der Waals surface area contributed by atoms with E-state index in [0.717, 1.165) is 17.7 Å². The van der Waals surface area contributed by atoms with E-state index in [1.54, 1.807) is 18.2 Å². The lowest BCUT2D eigenvalue weighted by Crippen LogP contribution is -2.21. The van der Waals surface area contributed by atoms with Crippen LogP contribution in [0.1, 0.15) is 38.7 Å². The number of nitrogens with one attached hydrogen (secondary N) is 2. The van der Waals surface area contributed by atoms with Gasteiger partial charge in [0.25, 0.3) is 0 Å². The second-order valence-corrected chi connectivity index (χ2v) is 5.18. The van der Waals surface area contributed by atoms with Gasteiger partial charge in [-0.2, -0.15) is 5.10 Å². The van der Waals surface area contributed by atoms with Crippen molar-refractivity contribution in [3.63, 3.8) is 0 Å². The molecule has 0 saturated carbocycles. The van der Waals surface area contributed by atoms with Gasteiger partial charge in [0, 0.05) is 29.3 Å². The normalized spacial score (nSPS) is 11.1. The summed E-state index contributed by atoms with van der Waals surface area (Å²) in [5.74, 6) is -0.488. The van der Waals surface area contributed by atoms with Crippen molar-refractivity contribution in [3.8, 4) is 0 Å². The Hall–Kier alpha value is -1.88. The van der Waals surface area contributed by atoms with E-state index in [9.17, 15) is 9.59 Å². The van der Waals surface area contributed by atoms with Gasteiger partial charge < -0.3 is 5.32 Å². The summed E-state index contributed by atoms with van der Waals surface area (Å²) in [5, 5.41) is 7.27. The molecule has 0 spiro atoms. The van der Waals surface area contributed by atoms with Gasteiger partial charge in [-0.3, -0.25) is 9.59 Å². The van der Waals surface area contributed by atoms with Gasteiger partial charge in [0.15, 0.2) is 0 Å². The lowest BCUT2D eigenvalue weighted by Gasteiger charge is -2.08. The highest BCUT2D eigenvalue weighted by Crippen LogP contribution is 2.19. The van der Waals surface area contributed by atoms with Crippen LogP contribution in [0.15, 0.2) is 23.3 Å². The fourth-order valence-electron chi connectivity index (χ4n) is 1.50. The molecule has 5 nitrogen and oxygen atoms in total. The van der Waals surface area contributed by atoms with Crippen molar-refractivity contribution in [2.45, 2.75) is 40.0 Å². The third kappa shape index (κ3) is 6.40. The van der Waals surface area contributed by atoms with Crippen molar-refractivity contribution in [2.75, 3.05) is 5.32 Å². The highest BCUT2D eigenvalue weighted by Gasteiger charge is 2.08. The number of halogens is 1. The Morgan fingerprint density at radius 2 is 1.90 bits per heavy atom. The summed E-state index contributed by atoms with van der Waals surface area (Å²) in [7, 11) is 0. The zero-order chi connectivity index (χ0) is 15.8. The molecule has 6 heteroatoms. The molecule has 2 amide bonds. The topological polar surface area (TPSA) is 70.6 Å². The molecule has 0 aliphatic carbocycles. The van der Waals surface area contributed by atoms with Gasteiger partial charge in [0.2, 0.25) is 11.8 Å². The molecule has 1 aromatic rings. The number of carbonyl (C=O) groups is 2. The van der Waals surface area contributed by atoms with Crippen LogP contribution in [0.3, 0.4) is 0 Å². The summed E-state index contributed by atoms with van der Waals surface area (Å²) in [6.45, 7) is 5.64. The third-order valence-corrected chi connectivity index (χ3v) is 3.16. The number of benzene rings is 1. The van der Waals surface area contributed by atoms with Crippen LogP contribution >= 0.6 is 11.6 Å². The maximum absolute atomic E-state index is 11.8. The van der Waals surface area contributed by atoms with E-state index in [0.29, 0.717) is 10.7 Å². The number of hydrogen-bond acceptors (Lipinski definition) is 3. The molecule has 114 valence electrons. The number of amides is 2. The molecule has 0 unspecified atom stereocenters. The van der Waals surface area contributed by atoms with Crippen molar-refractivity contribution in [1.82, 2.24) is 5.43 Å². The van der Waals surface area contributed by atoms with Gasteiger partial charge in [0.1, 0.15) is 0 Å². The maximum Gasteiger partial charge on any atom is 0.240 e. The highest BCUT2D eigenvalue weighted by molar-refractivity contribution is 6.30. The monoisotopic (exact) mass is 309 g/mol. The third-order valence-electron chi connectivity index (χ3n) is 2.92. The molecule has 0 aromatic heterocycles. The Bertz CT molecular complexity index is 556. The fraction of sp³-hybridized carbons (Fsp3) is 0.400. The quantitative estimate of drug-likeness (QED) is 0.625. The summed E-state index contributed by atoms with van der Waals surface area (Å²) in [6.07, 6.45) is 0.976. The summed E-state index contributed by atoms with van der Waals surface area (Å²) >= 11 is 5.85. The number of hydrogen-bond donors (Lipinski definition) is 2. The number of anilines is 1. The minimum absolute atomic E-state index is 0.0962. The predicted octanol–water partition coefficient (Wildman–Crippen LogP) is 3.27. The van der Waals surface area contributed by atoms with Gasteiger partial charge in [-0.05, 0) is 44.0 Å². The minimum Gasteiger partial charge on any atom is -0.326 e. The van der Waals surface area contributed by atoms with E-state index >= 15 is 0 Å². The highest BCUT2D eigenvalue weighted by atomic mass is 35.5. The van der Waals surface area contributed by atoms with Crippen LogP contribution in [0.25, 0.3) is 0 Å². The van der Waals surface area contributed by atoms with E-state index in [-0.39, 0.29) is 24.7 Å². The molecule has 0 fully saturated rings. The van der Waals surface area contributed by atoms with Gasteiger partial charge in [-0.15, -0.1) is 0 Å². The molecule has 0 saturated heterocycles. The van der Waals surface area contributed by atoms with Crippen molar-refractivity contribution in [2.24, 2.45) is 5.10 Å². The number of hydrazone groups is 1. The number of carbonyl (C=O) groups excluding carboxylic acids is 2. The first kappa shape index (κ1) is 17.2. The molecular weight excluding hydrogens is 290 g/mol. The zero-order valence-corrected chi connectivity index (χ0v) is 13.3. The van der Waals surface area contributed by atoms with E-state index in [1.165, 1.54) is 0 Å². The zero-order valence-electron chi connectivity index (χ0n) is 12.5. The molecule has 2 N–H and O–H groups in total. The van der Waals surface area contributed by atoms with Crippen LogP contribution in [0.2, 0.25) is 5.02 Å². The second kappa shape index (κ2) is 8.42. The minimum atomic E-state index is -0.272. The van der Waals surface area contributed by atoms with E-state index in [1.807, 2.05) is 20.8 Å². The van der Waals surface area contributed by atoms with Crippen LogP contribution in [-0.4, -0.2) is 17.5 Å². The van der Waals surface area contributed by atoms with E-state index < -0.39 is 0 Å². The maximum atomic E-state index is 11.8. The van der Waals surface area contributed by atoms with E-state index in [4.69, 9.17) is 11.6 Å². The van der Waals surface area contributed by atoms with Gasteiger partial charge in [0.05, 0.1) is 0 Å². The molecule has 1 rings (SSSR count). The summed E-state index contributed by atoms with van der Waals surface area (Å²) in [6, 6.07) is 5.22. The fourth-order valence-corrected chi connectivity index (χ4v) is 1.73. The van der Waals surface area contributed by atoms with E-state index in [2.05, 4.69) is 15.8 Å². The van der Waals surface area contributed by atoms with Crippen LogP contribution < -0.4 is 10.7 Å². The molecule has 0 heterocycles. The van der Waals surface area contributed by atoms with Crippen LogP contribution in [0.4, 0.5) is 5.69 Å². The van der Waals surface area contributed by atoms with Gasteiger partial charge >= 0.3 is 0 Å². The molecule has 0 bridgehead atoms. The van der Waals surface area contributed by atoms with Crippen molar-refractivity contribution in [3.05, 3.63) is 28.8 Å². The first-order valence-corrected chi connectivity index (χ1v) is 7.18. The van der Waals surface area contributed by atoms with Crippen LogP contribution in [0, 0.1) is 6.92 Å². The van der Waals surface area contributed by atoms with Gasteiger partial charge in [-0.25, -0.2) is 5.43 Å². The number of rotatable bonds is 6. The Morgan fingerprint density at radius 3 is 2.52 bits per heavy atom. The Kier molecular flexibility index (Phi) is 6.88.